The van der Waals surface area contributed by atoms with Crippen molar-refractivity contribution in [3.63, 3.8) is 0 Å². The van der Waals surface area contributed by atoms with Gasteiger partial charge in [-0.2, -0.15) is 0 Å². The number of halogens is 2. The van der Waals surface area contributed by atoms with E-state index in [-0.39, 0.29) is 17.1 Å². The minimum Gasteiger partial charge on any atom is -0.352 e. The maximum absolute atomic E-state index is 12.7. The van der Waals surface area contributed by atoms with Crippen LogP contribution in [0.15, 0.2) is 41.6 Å². The molecule has 0 fully saturated rings. The van der Waals surface area contributed by atoms with Gasteiger partial charge in [0.15, 0.2) is 5.16 Å². The van der Waals surface area contributed by atoms with Crippen molar-refractivity contribution in [1.29, 1.82) is 0 Å². The average molecular weight is 520 g/mol. The van der Waals surface area contributed by atoms with Crippen LogP contribution >= 0.6 is 35.0 Å². The summed E-state index contributed by atoms with van der Waals surface area (Å²) in [4.78, 5) is 25.1. The Labute approximate surface area is 213 Å². The average Bonchev–Trinajstić information content (AvgIpc) is 3.19. The smallest absolute Gasteiger partial charge is 0.251 e. The Kier molecular flexibility index (Phi) is 8.99. The first-order valence-electron chi connectivity index (χ1n) is 10.9. The molecule has 1 aromatic heterocycles. The summed E-state index contributed by atoms with van der Waals surface area (Å²) in [5.41, 5.74) is 3.51. The van der Waals surface area contributed by atoms with Gasteiger partial charge in [-0.25, -0.2) is 0 Å². The van der Waals surface area contributed by atoms with Gasteiger partial charge in [-0.3, -0.25) is 9.59 Å². The first kappa shape index (κ1) is 26.1. The number of benzene rings is 2. The molecule has 0 unspecified atom stereocenters. The number of nitrogens with one attached hydrogen (secondary N) is 2. The lowest BCUT2D eigenvalue weighted by atomic mass is 10.1. The maximum Gasteiger partial charge on any atom is 0.251 e. The zero-order valence-electron chi connectivity index (χ0n) is 19.5. The summed E-state index contributed by atoms with van der Waals surface area (Å²) in [6.45, 7) is 8.91. The summed E-state index contributed by atoms with van der Waals surface area (Å²) in [6, 6.07) is 10.6. The van der Waals surface area contributed by atoms with Gasteiger partial charge in [-0.05, 0) is 69.2 Å². The molecule has 34 heavy (non-hydrogen) atoms. The highest BCUT2D eigenvalue weighted by Crippen LogP contribution is 2.25. The second-order valence-corrected chi connectivity index (χ2v) is 9.95. The predicted molar refractivity (Wildman–Crippen MR) is 138 cm³/mol. The van der Waals surface area contributed by atoms with E-state index in [9.17, 15) is 9.59 Å². The summed E-state index contributed by atoms with van der Waals surface area (Å²) in [7, 11) is 0. The van der Waals surface area contributed by atoms with Crippen molar-refractivity contribution in [2.45, 2.75) is 51.1 Å². The number of hydrogen-bond acceptors (Lipinski definition) is 5. The number of carbonyl (C=O) groups excluding carboxylic acids is 2. The van der Waals surface area contributed by atoms with Gasteiger partial charge in [0, 0.05) is 30.8 Å². The lowest BCUT2D eigenvalue weighted by Crippen LogP contribution is -2.26. The number of aryl methyl sites for hydroxylation is 2. The van der Waals surface area contributed by atoms with Crippen LogP contribution in [0.25, 0.3) is 0 Å². The zero-order valence-corrected chi connectivity index (χ0v) is 21.8. The van der Waals surface area contributed by atoms with E-state index in [1.54, 1.807) is 12.1 Å². The van der Waals surface area contributed by atoms with E-state index >= 15 is 0 Å². The third kappa shape index (κ3) is 6.52. The Morgan fingerprint density at radius 1 is 1.06 bits per heavy atom. The lowest BCUT2D eigenvalue weighted by molar-refractivity contribution is -0.115. The summed E-state index contributed by atoms with van der Waals surface area (Å²) >= 11 is 13.2. The lowest BCUT2D eigenvalue weighted by Gasteiger charge is -2.13. The highest BCUT2D eigenvalue weighted by molar-refractivity contribution is 8.00. The molecule has 3 rings (SSSR count). The van der Waals surface area contributed by atoms with Crippen molar-refractivity contribution in [1.82, 2.24) is 20.1 Å². The van der Waals surface area contributed by atoms with E-state index in [2.05, 4.69) is 20.8 Å². The van der Waals surface area contributed by atoms with Crippen LogP contribution in [0.3, 0.4) is 0 Å². The van der Waals surface area contributed by atoms with Crippen molar-refractivity contribution < 1.29 is 9.59 Å². The first-order valence-corrected chi connectivity index (χ1v) is 12.5. The third-order valence-corrected chi connectivity index (χ3v) is 7.17. The fraction of sp³-hybridized carbons (Fsp3) is 0.333. The van der Waals surface area contributed by atoms with Crippen LogP contribution in [0.5, 0.6) is 0 Å². The summed E-state index contributed by atoms with van der Waals surface area (Å²) in [6.07, 6.45) is 0.498. The molecule has 10 heteroatoms. The molecule has 0 spiro atoms. The molecular formula is C24H27Cl2N5O2S. The minimum atomic E-state index is -0.363. The molecule has 1 heterocycles. The maximum atomic E-state index is 12.7. The number of anilines is 1. The van der Waals surface area contributed by atoms with Gasteiger partial charge in [0.2, 0.25) is 5.91 Å². The van der Waals surface area contributed by atoms with E-state index in [0.717, 1.165) is 17.1 Å². The molecule has 2 amide bonds. The molecule has 0 saturated carbocycles. The number of hydrogen-bond donors (Lipinski definition) is 2. The van der Waals surface area contributed by atoms with Crippen LogP contribution in [0, 0.1) is 13.8 Å². The van der Waals surface area contributed by atoms with E-state index in [4.69, 9.17) is 23.2 Å². The number of thioether (sulfide) groups is 1. The van der Waals surface area contributed by atoms with Gasteiger partial charge in [0.1, 0.15) is 5.82 Å². The van der Waals surface area contributed by atoms with Crippen LogP contribution in [0.1, 0.15) is 41.2 Å². The van der Waals surface area contributed by atoms with Crippen molar-refractivity contribution in [2.24, 2.45) is 0 Å². The van der Waals surface area contributed by atoms with Crippen LogP contribution < -0.4 is 10.6 Å². The van der Waals surface area contributed by atoms with Crippen LogP contribution in [-0.2, 0) is 17.8 Å². The Bertz CT molecular complexity index is 1200. The van der Waals surface area contributed by atoms with Gasteiger partial charge >= 0.3 is 0 Å². The van der Waals surface area contributed by atoms with Crippen molar-refractivity contribution >= 4 is 52.5 Å². The SMILES string of the molecule is CCn1c(CCNC(=O)c2ccc(Cl)c(Cl)c2)nnc1S[C@@H](C)C(=O)Nc1ccc(C)c(C)c1. The minimum absolute atomic E-state index is 0.102. The summed E-state index contributed by atoms with van der Waals surface area (Å²) in [5.74, 6) is 0.392. The molecule has 2 N–H and O–H groups in total. The van der Waals surface area contributed by atoms with Gasteiger partial charge in [0.05, 0.1) is 15.3 Å². The third-order valence-electron chi connectivity index (χ3n) is 5.35. The van der Waals surface area contributed by atoms with E-state index < -0.39 is 0 Å². The number of nitrogens with zero attached hydrogens (tertiary/aromatic N) is 3. The summed E-state index contributed by atoms with van der Waals surface area (Å²) in [5, 5.41) is 15.4. The number of amides is 2. The normalized spacial score (nSPS) is 11.8. The van der Waals surface area contributed by atoms with Crippen molar-refractivity contribution in [3.8, 4) is 0 Å². The van der Waals surface area contributed by atoms with Gasteiger partial charge in [-0.15, -0.1) is 10.2 Å². The Morgan fingerprint density at radius 2 is 1.82 bits per heavy atom. The second kappa shape index (κ2) is 11.7. The van der Waals surface area contributed by atoms with E-state index in [1.165, 1.54) is 23.4 Å². The van der Waals surface area contributed by atoms with Gasteiger partial charge in [-0.1, -0.05) is 41.0 Å². The fourth-order valence-corrected chi connectivity index (χ4v) is 4.44. The molecule has 1 atom stereocenters. The highest BCUT2D eigenvalue weighted by Gasteiger charge is 2.20. The molecule has 0 saturated heterocycles. The largest absolute Gasteiger partial charge is 0.352 e. The van der Waals surface area contributed by atoms with Crippen LogP contribution in [-0.4, -0.2) is 38.4 Å². The summed E-state index contributed by atoms with van der Waals surface area (Å²) < 4.78 is 1.95. The fourth-order valence-electron chi connectivity index (χ4n) is 3.21. The van der Waals surface area contributed by atoms with Gasteiger partial charge < -0.3 is 15.2 Å². The van der Waals surface area contributed by atoms with E-state index in [1.807, 2.05) is 50.5 Å². The Balaban J connectivity index is 1.57. The first-order chi connectivity index (χ1) is 16.2. The van der Waals surface area contributed by atoms with E-state index in [0.29, 0.717) is 40.3 Å². The molecule has 0 aliphatic heterocycles. The van der Waals surface area contributed by atoms with Crippen molar-refractivity contribution in [2.75, 3.05) is 11.9 Å². The molecule has 0 radical (unpaired) electrons. The molecule has 0 aliphatic carbocycles. The Hall–Kier alpha value is -2.55. The predicted octanol–water partition coefficient (Wildman–Crippen LogP) is 5.31. The molecule has 2 aromatic carbocycles. The Morgan fingerprint density at radius 3 is 2.50 bits per heavy atom. The number of rotatable bonds is 9. The topological polar surface area (TPSA) is 88.9 Å². The molecule has 180 valence electrons. The quantitative estimate of drug-likeness (QED) is 0.373. The zero-order chi connectivity index (χ0) is 24.8. The van der Waals surface area contributed by atoms with Crippen molar-refractivity contribution in [3.05, 3.63) is 69.0 Å². The standard InChI is InChI=1S/C24H27Cl2N5O2S/c1-5-31-21(10-11-27-23(33)17-7-9-19(25)20(26)13-17)29-30-24(31)34-16(4)22(32)28-18-8-6-14(2)15(3)12-18/h6-9,12-13,16H,5,10-11H2,1-4H3,(H,27,33)(H,28,32)/t16-/m0/s1. The van der Waals surface area contributed by atoms with Crippen LogP contribution in [0.2, 0.25) is 10.0 Å². The van der Waals surface area contributed by atoms with Crippen LogP contribution in [0.4, 0.5) is 5.69 Å². The van der Waals surface area contributed by atoms with Gasteiger partial charge in [0.25, 0.3) is 5.91 Å². The molecule has 7 nitrogen and oxygen atoms in total. The monoisotopic (exact) mass is 519 g/mol. The molecule has 0 aliphatic rings. The molecule has 0 bridgehead atoms. The second-order valence-electron chi connectivity index (χ2n) is 7.83. The molecule has 3 aromatic rings. The molecular weight excluding hydrogens is 493 g/mol. The number of aromatic nitrogens is 3. The highest BCUT2D eigenvalue weighted by atomic mass is 35.5. The number of carbonyl (C=O) groups is 2.